The number of carbonyl (C=O) groups is 3. The van der Waals surface area contributed by atoms with Crippen LogP contribution in [0.5, 0.6) is 0 Å². The van der Waals surface area contributed by atoms with Crippen molar-refractivity contribution >= 4 is 62.5 Å². The van der Waals surface area contributed by atoms with Gasteiger partial charge in [-0.3, -0.25) is 19.2 Å². The number of hydrogen-bond donors (Lipinski definition) is 2. The maximum absolute atomic E-state index is 13.3. The molecule has 2 N–H and O–H groups in total. The average Bonchev–Trinajstić information content (AvgIpc) is 3.51. The summed E-state index contributed by atoms with van der Waals surface area (Å²) >= 11 is 15.7. The van der Waals surface area contributed by atoms with E-state index in [1.54, 1.807) is 30.0 Å². The van der Waals surface area contributed by atoms with E-state index < -0.39 is 11.8 Å². The topological polar surface area (TPSA) is 118 Å². The zero-order valence-electron chi connectivity index (χ0n) is 19.1. The third kappa shape index (κ3) is 5.86. The van der Waals surface area contributed by atoms with Crippen molar-refractivity contribution in [3.8, 4) is 5.82 Å². The minimum absolute atomic E-state index is 0.0583. The Kier molecular flexibility index (Phi) is 8.24. The number of aromatic nitrogens is 3. The second kappa shape index (κ2) is 11.4. The van der Waals surface area contributed by atoms with E-state index in [4.69, 9.17) is 28.0 Å². The highest BCUT2D eigenvalue weighted by atomic mass is 79.9. The molecule has 0 spiro atoms. The maximum atomic E-state index is 13.3. The molecule has 0 radical (unpaired) electrons. The lowest BCUT2D eigenvalue weighted by Crippen LogP contribution is -2.35. The van der Waals surface area contributed by atoms with Gasteiger partial charge in [0.1, 0.15) is 10.3 Å². The molecule has 10 nitrogen and oxygen atoms in total. The van der Waals surface area contributed by atoms with Crippen LogP contribution >= 0.6 is 39.1 Å². The molecule has 1 saturated heterocycles. The van der Waals surface area contributed by atoms with Gasteiger partial charge < -0.3 is 10.2 Å². The molecule has 1 aromatic carbocycles. The van der Waals surface area contributed by atoms with Gasteiger partial charge in [0.05, 0.1) is 16.3 Å². The number of pyridine rings is 1. The molecule has 36 heavy (non-hydrogen) atoms. The Labute approximate surface area is 225 Å². The number of carbonyl (C=O) groups excluding carboxylic acids is 3. The Morgan fingerprint density at radius 3 is 2.61 bits per heavy atom. The van der Waals surface area contributed by atoms with Crippen LogP contribution in [0.2, 0.25) is 10.0 Å². The highest BCUT2D eigenvalue weighted by Crippen LogP contribution is 2.28. The molecular weight excluding hydrogens is 575 g/mol. The number of nitrogens with one attached hydrogen (secondary N) is 2. The lowest BCUT2D eigenvalue weighted by atomic mass is 10.1. The molecule has 0 bridgehead atoms. The van der Waals surface area contributed by atoms with Gasteiger partial charge in [-0.1, -0.05) is 23.2 Å². The summed E-state index contributed by atoms with van der Waals surface area (Å²) in [6, 6.07) is 7.79. The van der Waals surface area contributed by atoms with Gasteiger partial charge in [0.15, 0.2) is 12.4 Å². The van der Waals surface area contributed by atoms with Crippen LogP contribution in [0.1, 0.15) is 39.3 Å². The summed E-state index contributed by atoms with van der Waals surface area (Å²) in [6.07, 6.45) is 3.43. The molecule has 188 valence electrons. The third-order valence-electron chi connectivity index (χ3n) is 5.45. The number of hydroxylamine groups is 1. The Hall–Kier alpha value is -2.99. The Morgan fingerprint density at radius 2 is 1.89 bits per heavy atom. The van der Waals surface area contributed by atoms with E-state index in [0.717, 1.165) is 12.8 Å². The largest absolute Gasteiger partial charge is 0.341 e. The van der Waals surface area contributed by atoms with Gasteiger partial charge in [-0.25, -0.2) is 15.1 Å². The van der Waals surface area contributed by atoms with Gasteiger partial charge in [-0.15, -0.1) is 0 Å². The molecule has 4 rings (SSSR count). The molecule has 13 heteroatoms. The normalized spacial score (nSPS) is 13.1. The Bertz CT molecular complexity index is 1330. The van der Waals surface area contributed by atoms with E-state index >= 15 is 0 Å². The van der Waals surface area contributed by atoms with Gasteiger partial charge in [-0.2, -0.15) is 5.10 Å². The minimum Gasteiger partial charge on any atom is -0.341 e. The van der Waals surface area contributed by atoms with Crippen molar-refractivity contribution in [1.29, 1.82) is 0 Å². The number of anilines is 1. The molecule has 3 heterocycles. The number of halogens is 3. The smallest absolute Gasteiger partial charge is 0.277 e. The number of benzene rings is 1. The Morgan fingerprint density at radius 1 is 1.14 bits per heavy atom. The monoisotopic (exact) mass is 594 g/mol. The molecule has 3 amide bonds. The fourth-order valence-corrected chi connectivity index (χ4v) is 4.60. The molecule has 1 aliphatic heterocycles. The zero-order chi connectivity index (χ0) is 25.8. The molecule has 2 aromatic heterocycles. The van der Waals surface area contributed by atoms with Gasteiger partial charge in [0.25, 0.3) is 17.7 Å². The van der Waals surface area contributed by atoms with E-state index in [9.17, 15) is 14.4 Å². The zero-order valence-corrected chi connectivity index (χ0v) is 22.2. The highest BCUT2D eigenvalue weighted by molar-refractivity contribution is 9.10. The third-order valence-corrected chi connectivity index (χ3v) is 6.36. The van der Waals surface area contributed by atoms with E-state index in [-0.39, 0.29) is 40.3 Å². The number of amides is 3. The van der Waals surface area contributed by atoms with Crippen LogP contribution in [0, 0.1) is 6.92 Å². The maximum Gasteiger partial charge on any atom is 0.277 e. The second-order valence-corrected chi connectivity index (χ2v) is 9.64. The van der Waals surface area contributed by atoms with Crippen molar-refractivity contribution < 1.29 is 19.2 Å². The standard InChI is InChI=1S/C23H21BrCl2N6O4/c1-13-9-14(25)10-15(22(34)30-36-12-19(33)31-7-2-3-8-31)20(13)28-23(35)17-11-18(24)29-32(17)21-16(26)5-4-6-27-21/h4-6,9-11H,2-3,7-8,12H2,1H3,(H,28,35)(H,30,34). The lowest BCUT2D eigenvalue weighted by Gasteiger charge is -2.17. The summed E-state index contributed by atoms with van der Waals surface area (Å²) in [5.74, 6) is -1.19. The highest BCUT2D eigenvalue weighted by Gasteiger charge is 2.23. The van der Waals surface area contributed by atoms with E-state index in [2.05, 4.69) is 36.8 Å². The molecule has 1 aliphatic rings. The number of rotatable bonds is 7. The first-order valence-corrected chi connectivity index (χ1v) is 12.5. The quantitative estimate of drug-likeness (QED) is 0.396. The van der Waals surface area contributed by atoms with E-state index in [1.165, 1.54) is 23.0 Å². The molecule has 0 saturated carbocycles. The number of aryl methyl sites for hydroxylation is 1. The van der Waals surface area contributed by atoms with Crippen LogP contribution in [0.15, 0.2) is 41.1 Å². The van der Waals surface area contributed by atoms with Crippen LogP contribution in [0.3, 0.4) is 0 Å². The summed E-state index contributed by atoms with van der Waals surface area (Å²) in [6.45, 7) is 2.75. The predicted molar refractivity (Wildman–Crippen MR) is 137 cm³/mol. The van der Waals surface area contributed by atoms with Crippen LogP contribution in [-0.4, -0.2) is 57.1 Å². The van der Waals surface area contributed by atoms with Crippen molar-refractivity contribution in [1.82, 2.24) is 25.1 Å². The van der Waals surface area contributed by atoms with Gasteiger partial charge in [0, 0.05) is 30.4 Å². The van der Waals surface area contributed by atoms with Crippen LogP contribution in [0.4, 0.5) is 5.69 Å². The van der Waals surface area contributed by atoms with Crippen molar-refractivity contribution in [3.05, 3.63) is 68.0 Å². The van der Waals surface area contributed by atoms with E-state index in [0.29, 0.717) is 28.3 Å². The molecule has 3 aromatic rings. The summed E-state index contributed by atoms with van der Waals surface area (Å²) in [7, 11) is 0. The molecule has 0 aliphatic carbocycles. The SMILES string of the molecule is Cc1cc(Cl)cc(C(=O)NOCC(=O)N2CCCC2)c1NC(=O)c1cc(Br)nn1-c1ncccc1Cl. The first-order chi connectivity index (χ1) is 17.2. The predicted octanol–water partition coefficient (Wildman–Crippen LogP) is 4.18. The second-order valence-electron chi connectivity index (χ2n) is 7.98. The summed E-state index contributed by atoms with van der Waals surface area (Å²) in [5.41, 5.74) is 3.19. The lowest BCUT2D eigenvalue weighted by molar-refractivity contribution is -0.136. The minimum atomic E-state index is -0.674. The fraction of sp³-hybridized carbons (Fsp3) is 0.261. The number of nitrogens with zero attached hydrogens (tertiary/aromatic N) is 4. The summed E-state index contributed by atoms with van der Waals surface area (Å²) in [5, 5.41) is 7.59. The van der Waals surface area contributed by atoms with Crippen LogP contribution in [0.25, 0.3) is 5.82 Å². The number of likely N-dealkylation sites (tertiary alicyclic amines) is 1. The van der Waals surface area contributed by atoms with Gasteiger partial charge >= 0.3 is 0 Å². The average molecular weight is 596 g/mol. The number of hydrogen-bond acceptors (Lipinski definition) is 6. The first-order valence-electron chi connectivity index (χ1n) is 10.9. The molecule has 1 fully saturated rings. The molecular formula is C23H21BrCl2N6O4. The van der Waals surface area contributed by atoms with Crippen molar-refractivity contribution in [2.24, 2.45) is 0 Å². The van der Waals surface area contributed by atoms with Gasteiger partial charge in [0.2, 0.25) is 0 Å². The van der Waals surface area contributed by atoms with Gasteiger partial charge in [-0.05, 0) is 65.5 Å². The van der Waals surface area contributed by atoms with E-state index in [1.807, 2.05) is 0 Å². The fourth-order valence-electron chi connectivity index (χ4n) is 3.75. The van der Waals surface area contributed by atoms with Crippen molar-refractivity contribution in [2.75, 3.05) is 25.0 Å². The first kappa shape index (κ1) is 26.1. The van der Waals surface area contributed by atoms with Crippen LogP contribution < -0.4 is 10.8 Å². The molecule has 0 unspecified atom stereocenters. The van der Waals surface area contributed by atoms with Crippen molar-refractivity contribution in [2.45, 2.75) is 19.8 Å². The Balaban J connectivity index is 1.54. The van der Waals surface area contributed by atoms with Crippen molar-refractivity contribution in [3.63, 3.8) is 0 Å². The molecule has 0 atom stereocenters. The van der Waals surface area contributed by atoms with Crippen LogP contribution in [-0.2, 0) is 9.63 Å². The summed E-state index contributed by atoms with van der Waals surface area (Å²) in [4.78, 5) is 49.4. The summed E-state index contributed by atoms with van der Waals surface area (Å²) < 4.78 is 1.68.